The summed E-state index contributed by atoms with van der Waals surface area (Å²) >= 11 is 0. The third kappa shape index (κ3) is 2.35. The minimum absolute atomic E-state index is 0.104. The number of amides is 1. The molecule has 114 valence electrons. The van der Waals surface area contributed by atoms with E-state index in [9.17, 15) is 19.5 Å². The molecular weight excluding hydrogens is 290 g/mol. The van der Waals surface area contributed by atoms with Crippen LogP contribution >= 0.6 is 0 Å². The predicted molar refractivity (Wildman–Crippen MR) is 74.4 cm³/mol. The number of benzene rings is 1. The number of hydrogen-bond acceptors (Lipinski definition) is 4. The minimum Gasteiger partial charge on any atom is -0.481 e. The molecule has 2 heterocycles. The first-order chi connectivity index (χ1) is 10.5. The maximum Gasteiger partial charge on any atom is 0.335 e. The average molecular weight is 303 g/mol. The number of carbonyl (C=O) groups is 3. The van der Waals surface area contributed by atoms with Gasteiger partial charge in [0.05, 0.1) is 23.7 Å². The highest BCUT2D eigenvalue weighted by atomic mass is 16.5. The molecule has 7 heteroatoms. The molecule has 0 unspecified atom stereocenters. The molecule has 0 aromatic heterocycles. The third-order valence-electron chi connectivity index (χ3n) is 3.89. The van der Waals surface area contributed by atoms with E-state index >= 15 is 0 Å². The average Bonchev–Trinajstić information content (AvgIpc) is 3.08. The molecule has 0 saturated carbocycles. The summed E-state index contributed by atoms with van der Waals surface area (Å²) < 4.78 is 5.44. The highest BCUT2D eigenvalue weighted by Crippen LogP contribution is 2.39. The van der Waals surface area contributed by atoms with E-state index in [4.69, 9.17) is 9.84 Å². The van der Waals surface area contributed by atoms with E-state index in [1.54, 1.807) is 12.2 Å². The Kier molecular flexibility index (Phi) is 3.42. The molecule has 4 atom stereocenters. The van der Waals surface area contributed by atoms with Gasteiger partial charge < -0.3 is 20.3 Å². The van der Waals surface area contributed by atoms with Gasteiger partial charge in [-0.25, -0.2) is 4.79 Å². The number of aromatic carboxylic acids is 1. The molecule has 2 bridgehead atoms. The standard InChI is InChI=1S/C15H13NO6/c17-13(16-8-3-1-7(2-4-8)14(18)19)11-9-5-6-10(22-9)12(11)15(20)21/h1-6,9-12H,(H,16,17)(H,18,19)(H,20,21)/t9-,10+,11+,12-/m0/s1. The first kappa shape index (κ1) is 14.3. The first-order valence-corrected chi connectivity index (χ1v) is 6.68. The Hall–Kier alpha value is -2.67. The van der Waals surface area contributed by atoms with Crippen molar-refractivity contribution >= 4 is 23.5 Å². The zero-order chi connectivity index (χ0) is 15.9. The van der Waals surface area contributed by atoms with E-state index in [1.807, 2.05) is 0 Å². The lowest BCUT2D eigenvalue weighted by Gasteiger charge is -2.21. The number of ether oxygens (including phenoxy) is 1. The van der Waals surface area contributed by atoms with Crippen molar-refractivity contribution < 1.29 is 29.3 Å². The van der Waals surface area contributed by atoms with Gasteiger partial charge in [0, 0.05) is 5.69 Å². The maximum atomic E-state index is 12.3. The second-order valence-corrected chi connectivity index (χ2v) is 5.21. The molecule has 1 saturated heterocycles. The van der Waals surface area contributed by atoms with E-state index in [0.29, 0.717) is 5.69 Å². The van der Waals surface area contributed by atoms with E-state index in [-0.39, 0.29) is 5.56 Å². The molecule has 22 heavy (non-hydrogen) atoms. The second kappa shape index (κ2) is 5.27. The van der Waals surface area contributed by atoms with Crippen LogP contribution in [0.4, 0.5) is 5.69 Å². The van der Waals surface area contributed by atoms with Gasteiger partial charge in [-0.2, -0.15) is 0 Å². The van der Waals surface area contributed by atoms with Gasteiger partial charge in [-0.3, -0.25) is 9.59 Å². The van der Waals surface area contributed by atoms with Crippen molar-refractivity contribution in [3.63, 3.8) is 0 Å². The number of rotatable bonds is 4. The quantitative estimate of drug-likeness (QED) is 0.715. The Morgan fingerprint density at radius 3 is 2.09 bits per heavy atom. The summed E-state index contributed by atoms with van der Waals surface area (Å²) in [4.78, 5) is 34.4. The molecule has 0 radical (unpaired) electrons. The second-order valence-electron chi connectivity index (χ2n) is 5.21. The Morgan fingerprint density at radius 1 is 0.955 bits per heavy atom. The molecule has 1 aromatic carbocycles. The molecule has 1 amide bonds. The lowest BCUT2D eigenvalue weighted by Crippen LogP contribution is -2.39. The molecule has 2 aliphatic heterocycles. The smallest absolute Gasteiger partial charge is 0.335 e. The van der Waals surface area contributed by atoms with Crippen molar-refractivity contribution in [2.45, 2.75) is 12.2 Å². The van der Waals surface area contributed by atoms with Crippen molar-refractivity contribution in [3.05, 3.63) is 42.0 Å². The van der Waals surface area contributed by atoms with Crippen LogP contribution in [-0.4, -0.2) is 40.3 Å². The zero-order valence-electron chi connectivity index (χ0n) is 11.3. The van der Waals surface area contributed by atoms with Crippen LogP contribution in [0.25, 0.3) is 0 Å². The van der Waals surface area contributed by atoms with E-state index in [1.165, 1.54) is 24.3 Å². The number of hydrogen-bond donors (Lipinski definition) is 3. The SMILES string of the molecule is O=C(O)c1ccc(NC(=O)[C@H]2[C@@H](C(=O)O)[C@H]3C=C[C@@H]2O3)cc1. The Bertz CT molecular complexity index is 665. The van der Waals surface area contributed by atoms with Crippen molar-refractivity contribution in [2.75, 3.05) is 5.32 Å². The number of carboxylic acids is 2. The van der Waals surface area contributed by atoms with Gasteiger partial charge in [0.15, 0.2) is 0 Å². The van der Waals surface area contributed by atoms with Crippen LogP contribution in [0.2, 0.25) is 0 Å². The van der Waals surface area contributed by atoms with Crippen LogP contribution < -0.4 is 5.32 Å². The fraction of sp³-hybridized carbons (Fsp3) is 0.267. The predicted octanol–water partition coefficient (Wildman–Crippen LogP) is 0.977. The largest absolute Gasteiger partial charge is 0.481 e. The van der Waals surface area contributed by atoms with Crippen LogP contribution in [0.15, 0.2) is 36.4 Å². The van der Waals surface area contributed by atoms with Gasteiger partial charge >= 0.3 is 11.9 Å². The van der Waals surface area contributed by atoms with Crippen molar-refractivity contribution in [1.82, 2.24) is 0 Å². The molecule has 2 aliphatic rings. The van der Waals surface area contributed by atoms with Crippen molar-refractivity contribution in [3.8, 4) is 0 Å². The molecule has 0 aliphatic carbocycles. The van der Waals surface area contributed by atoms with Crippen molar-refractivity contribution in [1.29, 1.82) is 0 Å². The maximum absolute atomic E-state index is 12.3. The normalized spacial score (nSPS) is 28.5. The van der Waals surface area contributed by atoms with Gasteiger partial charge in [-0.15, -0.1) is 0 Å². The van der Waals surface area contributed by atoms with Gasteiger partial charge in [0.2, 0.25) is 5.91 Å². The Morgan fingerprint density at radius 2 is 1.55 bits per heavy atom. The molecule has 1 aromatic rings. The Labute approximate surface area is 125 Å². The summed E-state index contributed by atoms with van der Waals surface area (Å²) in [6.07, 6.45) is 2.24. The lowest BCUT2D eigenvalue weighted by atomic mass is 9.82. The number of aliphatic carboxylic acids is 1. The molecule has 1 fully saturated rings. The number of anilines is 1. The van der Waals surface area contributed by atoms with E-state index in [2.05, 4.69) is 5.32 Å². The molecule has 3 rings (SSSR count). The molecule has 7 nitrogen and oxygen atoms in total. The van der Waals surface area contributed by atoms with E-state index < -0.39 is 41.9 Å². The number of carboxylic acid groups (broad SMARTS) is 2. The fourth-order valence-corrected chi connectivity index (χ4v) is 2.84. The molecule has 0 spiro atoms. The van der Waals surface area contributed by atoms with Crippen LogP contribution in [0, 0.1) is 11.8 Å². The topological polar surface area (TPSA) is 113 Å². The summed E-state index contributed by atoms with van der Waals surface area (Å²) in [5.41, 5.74) is 0.512. The summed E-state index contributed by atoms with van der Waals surface area (Å²) in [5, 5.41) is 20.7. The summed E-state index contributed by atoms with van der Waals surface area (Å²) in [6.45, 7) is 0. The van der Waals surface area contributed by atoms with Crippen LogP contribution in [0.3, 0.4) is 0 Å². The number of nitrogens with one attached hydrogen (secondary N) is 1. The van der Waals surface area contributed by atoms with Crippen LogP contribution in [0.1, 0.15) is 10.4 Å². The monoisotopic (exact) mass is 303 g/mol. The fourth-order valence-electron chi connectivity index (χ4n) is 2.84. The lowest BCUT2D eigenvalue weighted by molar-refractivity contribution is -0.145. The highest BCUT2D eigenvalue weighted by Gasteiger charge is 2.53. The summed E-state index contributed by atoms with van der Waals surface area (Å²) in [5.74, 6) is -4.29. The minimum atomic E-state index is -1.07. The summed E-state index contributed by atoms with van der Waals surface area (Å²) in [6, 6.07) is 5.65. The van der Waals surface area contributed by atoms with Gasteiger partial charge in [-0.05, 0) is 24.3 Å². The zero-order valence-corrected chi connectivity index (χ0v) is 11.3. The number of fused-ring (bicyclic) bond motifs is 2. The van der Waals surface area contributed by atoms with Gasteiger partial charge in [-0.1, -0.05) is 12.2 Å². The Balaban J connectivity index is 1.75. The van der Waals surface area contributed by atoms with Gasteiger partial charge in [0.1, 0.15) is 5.92 Å². The van der Waals surface area contributed by atoms with Gasteiger partial charge in [0.25, 0.3) is 0 Å². The van der Waals surface area contributed by atoms with Crippen LogP contribution in [-0.2, 0) is 14.3 Å². The first-order valence-electron chi connectivity index (χ1n) is 6.68. The third-order valence-corrected chi connectivity index (χ3v) is 3.89. The highest BCUT2D eigenvalue weighted by molar-refractivity contribution is 5.97. The van der Waals surface area contributed by atoms with Crippen molar-refractivity contribution in [2.24, 2.45) is 11.8 Å². The van der Waals surface area contributed by atoms with E-state index in [0.717, 1.165) is 0 Å². The van der Waals surface area contributed by atoms with Crippen LogP contribution in [0.5, 0.6) is 0 Å². The summed E-state index contributed by atoms with van der Waals surface area (Å²) in [7, 11) is 0. The number of carbonyl (C=O) groups excluding carboxylic acids is 1. The molecule has 3 N–H and O–H groups in total. The molecular formula is C15H13NO6.